The molecule has 8 nitrogen and oxygen atoms in total. The summed E-state index contributed by atoms with van der Waals surface area (Å²) in [4.78, 5) is 25.8. The molecule has 0 fully saturated rings. The van der Waals surface area contributed by atoms with Crippen molar-refractivity contribution in [3.8, 4) is 5.75 Å². The van der Waals surface area contributed by atoms with Crippen LogP contribution < -0.4 is 4.74 Å². The van der Waals surface area contributed by atoms with Crippen molar-refractivity contribution in [1.82, 2.24) is 0 Å². The summed E-state index contributed by atoms with van der Waals surface area (Å²) >= 11 is 0. The van der Waals surface area contributed by atoms with Gasteiger partial charge in [-0.25, -0.2) is 18.0 Å². The fraction of sp³-hybridized carbons (Fsp3) is 0.724. The third-order valence-corrected chi connectivity index (χ3v) is 6.52. The molecule has 1 aromatic rings. The molecule has 1 atom stereocenters. The Morgan fingerprint density at radius 3 is 1.67 bits per heavy atom. The zero-order valence-corrected chi connectivity index (χ0v) is 26.0. The summed E-state index contributed by atoms with van der Waals surface area (Å²) in [5, 5.41) is 0. The van der Waals surface area contributed by atoms with Crippen LogP contribution in [0.25, 0.3) is 0 Å². The van der Waals surface area contributed by atoms with Gasteiger partial charge in [0.2, 0.25) is 34.8 Å². The largest absolute Gasteiger partial charge is 0.462 e. The first-order chi connectivity index (χ1) is 19.1. The van der Waals surface area contributed by atoms with Crippen molar-refractivity contribution in [2.45, 2.75) is 98.1 Å². The lowest BCUT2D eigenvalue weighted by Gasteiger charge is -2.31. The Hall–Kier alpha value is -2.35. The minimum atomic E-state index is -2.41. The van der Waals surface area contributed by atoms with Gasteiger partial charge in [0.25, 0.3) is 0 Å². The van der Waals surface area contributed by atoms with Crippen LogP contribution in [0.4, 0.5) is 22.0 Å². The van der Waals surface area contributed by atoms with Crippen molar-refractivity contribution in [3.63, 3.8) is 0 Å². The fourth-order valence-electron chi connectivity index (χ4n) is 3.16. The van der Waals surface area contributed by atoms with E-state index in [1.807, 2.05) is 27.7 Å². The Morgan fingerprint density at radius 1 is 0.690 bits per heavy atom. The summed E-state index contributed by atoms with van der Waals surface area (Å²) in [6.07, 6.45) is 0.649. The van der Waals surface area contributed by atoms with Crippen molar-refractivity contribution in [3.05, 3.63) is 29.1 Å². The first-order valence-corrected chi connectivity index (χ1v) is 13.4. The van der Waals surface area contributed by atoms with E-state index in [0.717, 1.165) is 0 Å². The van der Waals surface area contributed by atoms with E-state index in [1.165, 1.54) is 20.8 Å². The number of carbonyl (C=O) groups is 2. The second-order valence-corrected chi connectivity index (χ2v) is 12.2. The molecule has 0 aliphatic heterocycles. The molecule has 242 valence electrons. The van der Waals surface area contributed by atoms with Gasteiger partial charge in [-0.05, 0) is 75.2 Å². The maximum atomic E-state index is 14.1. The van der Waals surface area contributed by atoms with Crippen LogP contribution in [0, 0.1) is 34.5 Å². The van der Waals surface area contributed by atoms with Gasteiger partial charge in [-0.1, -0.05) is 0 Å². The highest BCUT2D eigenvalue weighted by atomic mass is 19.2. The van der Waals surface area contributed by atoms with E-state index in [9.17, 15) is 31.5 Å². The zero-order valence-electron chi connectivity index (χ0n) is 26.0. The third kappa shape index (κ3) is 10.7. The minimum Gasteiger partial charge on any atom is -0.462 e. The molecule has 0 aliphatic rings. The van der Waals surface area contributed by atoms with Crippen molar-refractivity contribution < 1.29 is 60.0 Å². The van der Waals surface area contributed by atoms with E-state index < -0.39 is 82.7 Å². The lowest BCUT2D eigenvalue weighted by Crippen LogP contribution is -2.45. The topological polar surface area (TPSA) is 89.5 Å². The van der Waals surface area contributed by atoms with E-state index >= 15 is 0 Å². The predicted molar refractivity (Wildman–Crippen MR) is 142 cm³/mol. The van der Waals surface area contributed by atoms with Gasteiger partial charge in [-0.15, -0.1) is 0 Å². The van der Waals surface area contributed by atoms with E-state index in [1.54, 1.807) is 21.0 Å². The van der Waals surface area contributed by atoms with Gasteiger partial charge < -0.3 is 28.4 Å². The van der Waals surface area contributed by atoms with Crippen LogP contribution in [-0.2, 0) is 33.3 Å². The standard InChI is InChI=1S/C29H43F5O8/c1-17(2)38-15-29(9,25(36)42-23-21(33)19(31)18(30)20(32)22(23)34)16-39-24(35)28(7,8)41-14-12-27(5,6)40-13-11-26(3,4)37-10/h17H,11-16H2,1-10H3. The predicted octanol–water partition coefficient (Wildman–Crippen LogP) is 6.06. The molecule has 0 aliphatic carbocycles. The summed E-state index contributed by atoms with van der Waals surface area (Å²) in [6.45, 7) is 14.3. The number of hydrogen-bond acceptors (Lipinski definition) is 8. The van der Waals surface area contributed by atoms with Crippen LogP contribution in [0.2, 0.25) is 0 Å². The van der Waals surface area contributed by atoms with Gasteiger partial charge in [-0.2, -0.15) is 8.78 Å². The Labute approximate surface area is 244 Å². The molecule has 0 saturated carbocycles. The van der Waals surface area contributed by atoms with Crippen molar-refractivity contribution in [1.29, 1.82) is 0 Å². The molecular formula is C29H43F5O8. The summed E-state index contributed by atoms with van der Waals surface area (Å²) in [7, 11) is 1.62. The Morgan fingerprint density at radius 2 is 1.17 bits per heavy atom. The first-order valence-electron chi connectivity index (χ1n) is 13.4. The molecular weight excluding hydrogens is 571 g/mol. The van der Waals surface area contributed by atoms with Gasteiger partial charge in [0.05, 0.1) is 37.1 Å². The SMILES string of the molecule is COC(C)(C)CCOC(C)(C)CCOC(C)(C)C(=O)OCC(C)(COC(C)C)C(=O)Oc1c(F)c(F)c(F)c(F)c1F. The number of rotatable bonds is 17. The second kappa shape index (κ2) is 14.9. The van der Waals surface area contributed by atoms with Crippen LogP contribution in [0.15, 0.2) is 0 Å². The molecule has 0 bridgehead atoms. The molecule has 1 rings (SSSR count). The number of halogens is 5. The van der Waals surface area contributed by atoms with Gasteiger partial charge in [0.1, 0.15) is 12.0 Å². The molecule has 0 amide bonds. The van der Waals surface area contributed by atoms with Gasteiger partial charge in [-0.3, -0.25) is 4.79 Å². The van der Waals surface area contributed by atoms with Crippen LogP contribution in [0.1, 0.15) is 75.2 Å². The van der Waals surface area contributed by atoms with Crippen molar-refractivity contribution in [2.24, 2.45) is 5.41 Å². The minimum absolute atomic E-state index is 0.110. The molecule has 0 spiro atoms. The number of benzene rings is 1. The molecule has 0 N–H and O–H groups in total. The maximum Gasteiger partial charge on any atom is 0.337 e. The summed E-state index contributed by atoms with van der Waals surface area (Å²) in [5.41, 5.74) is -4.31. The summed E-state index contributed by atoms with van der Waals surface area (Å²) in [5.74, 6) is -15.7. The highest BCUT2D eigenvalue weighted by Crippen LogP contribution is 2.32. The summed E-state index contributed by atoms with van der Waals surface area (Å²) in [6, 6.07) is 0. The number of hydrogen-bond donors (Lipinski definition) is 0. The Kier molecular flexibility index (Phi) is 13.4. The average Bonchev–Trinajstić information content (AvgIpc) is 2.89. The smallest absolute Gasteiger partial charge is 0.337 e. The van der Waals surface area contributed by atoms with E-state index in [2.05, 4.69) is 4.74 Å². The first kappa shape index (κ1) is 37.7. The highest BCUT2D eigenvalue weighted by molar-refractivity contribution is 5.81. The highest BCUT2D eigenvalue weighted by Gasteiger charge is 2.42. The molecule has 1 unspecified atom stereocenters. The van der Waals surface area contributed by atoms with Crippen LogP contribution in [0.3, 0.4) is 0 Å². The third-order valence-electron chi connectivity index (χ3n) is 6.52. The lowest BCUT2D eigenvalue weighted by atomic mass is 9.92. The summed E-state index contributed by atoms with van der Waals surface area (Å²) < 4.78 is 101. The average molecular weight is 615 g/mol. The number of esters is 2. The van der Waals surface area contributed by atoms with Crippen molar-refractivity contribution in [2.75, 3.05) is 33.5 Å². The number of methoxy groups -OCH3 is 1. The van der Waals surface area contributed by atoms with Gasteiger partial charge in [0.15, 0.2) is 5.60 Å². The molecule has 0 saturated heterocycles. The van der Waals surface area contributed by atoms with E-state index in [4.69, 9.17) is 23.7 Å². The molecule has 1 aromatic carbocycles. The van der Waals surface area contributed by atoms with Crippen molar-refractivity contribution >= 4 is 11.9 Å². The van der Waals surface area contributed by atoms with Crippen LogP contribution in [-0.4, -0.2) is 68.4 Å². The molecule has 42 heavy (non-hydrogen) atoms. The Balaban J connectivity index is 2.91. The normalized spacial score (nSPS) is 14.2. The maximum absolute atomic E-state index is 14.1. The monoisotopic (exact) mass is 614 g/mol. The number of carbonyl (C=O) groups excluding carboxylic acids is 2. The van der Waals surface area contributed by atoms with Gasteiger partial charge in [0, 0.05) is 7.11 Å². The molecule has 0 aromatic heterocycles. The molecule has 13 heteroatoms. The molecule has 0 radical (unpaired) electrons. The van der Waals surface area contributed by atoms with Crippen LogP contribution in [0.5, 0.6) is 5.75 Å². The Bertz CT molecular complexity index is 1060. The van der Waals surface area contributed by atoms with Gasteiger partial charge >= 0.3 is 11.9 Å². The lowest BCUT2D eigenvalue weighted by molar-refractivity contribution is -0.178. The van der Waals surface area contributed by atoms with Crippen LogP contribution >= 0.6 is 0 Å². The van der Waals surface area contributed by atoms with E-state index in [0.29, 0.717) is 19.4 Å². The number of ether oxygens (including phenoxy) is 6. The molecule has 0 heterocycles. The quantitative estimate of drug-likeness (QED) is 0.0688. The van der Waals surface area contributed by atoms with E-state index in [-0.39, 0.29) is 12.2 Å². The zero-order chi connectivity index (χ0) is 32.7. The fourth-order valence-corrected chi connectivity index (χ4v) is 3.16. The second-order valence-electron chi connectivity index (χ2n) is 12.2.